The normalized spacial score (nSPS) is 16.8. The molecule has 1 aliphatic heterocycles. The highest BCUT2D eigenvalue weighted by Crippen LogP contribution is 2.38. The third-order valence-electron chi connectivity index (χ3n) is 2.88. The topological polar surface area (TPSA) is 76.1 Å². The summed E-state index contributed by atoms with van der Waals surface area (Å²) in [5.74, 6) is -0.867. The van der Waals surface area contributed by atoms with Crippen molar-refractivity contribution >= 4 is 17.6 Å². The number of rotatable bonds is 3. The highest BCUT2D eigenvalue weighted by molar-refractivity contribution is 6.03. The summed E-state index contributed by atoms with van der Waals surface area (Å²) < 4.78 is 10.6. The number of nitrogens with zero attached hydrogens (tertiary/aromatic N) is 1. The highest BCUT2D eigenvalue weighted by Gasteiger charge is 2.41. The smallest absolute Gasteiger partial charge is 0.335 e. The van der Waals surface area contributed by atoms with Crippen molar-refractivity contribution in [2.45, 2.75) is 19.4 Å². The summed E-state index contributed by atoms with van der Waals surface area (Å²) in [4.78, 5) is 24.6. The Morgan fingerprint density at radius 1 is 1.47 bits per heavy atom. The number of hydrogen-bond acceptors (Lipinski definition) is 4. The molecule has 1 aromatic rings. The number of methoxy groups -OCH3 is 1. The molecule has 2 rings (SSSR count). The number of hydrogen-bond donors (Lipinski definition) is 1. The first-order chi connectivity index (χ1) is 8.86. The fourth-order valence-electron chi connectivity index (χ4n) is 1.96. The molecule has 0 aromatic heterocycles. The molecule has 1 aliphatic rings. The Labute approximate surface area is 110 Å². The molecule has 6 nitrogen and oxygen atoms in total. The maximum Gasteiger partial charge on any atom is 0.335 e. The SMILES string of the molecule is COCN1C(=O)C(C)(C)Oc2ccc(C(=O)O)cc21. The number of carbonyl (C=O) groups excluding carboxylic acids is 1. The molecular weight excluding hydrogens is 250 g/mol. The molecule has 0 saturated carbocycles. The van der Waals surface area contributed by atoms with Crippen LogP contribution in [0.2, 0.25) is 0 Å². The van der Waals surface area contributed by atoms with Crippen molar-refractivity contribution in [2.75, 3.05) is 18.7 Å². The van der Waals surface area contributed by atoms with Crippen molar-refractivity contribution < 1.29 is 24.2 Å². The first-order valence-electron chi connectivity index (χ1n) is 5.74. The molecule has 0 bridgehead atoms. The fourth-order valence-corrected chi connectivity index (χ4v) is 1.96. The first-order valence-corrected chi connectivity index (χ1v) is 5.74. The third kappa shape index (κ3) is 2.26. The van der Waals surface area contributed by atoms with Crippen molar-refractivity contribution in [1.82, 2.24) is 0 Å². The summed E-state index contributed by atoms with van der Waals surface area (Å²) in [6.07, 6.45) is 0. The number of carboxylic acid groups (broad SMARTS) is 1. The second kappa shape index (κ2) is 4.55. The van der Waals surface area contributed by atoms with E-state index in [1.54, 1.807) is 19.9 Å². The lowest BCUT2D eigenvalue weighted by Crippen LogP contribution is -2.53. The van der Waals surface area contributed by atoms with Crippen LogP contribution in [-0.2, 0) is 9.53 Å². The van der Waals surface area contributed by atoms with Crippen molar-refractivity contribution in [3.05, 3.63) is 23.8 Å². The summed E-state index contributed by atoms with van der Waals surface area (Å²) in [6.45, 7) is 3.36. The van der Waals surface area contributed by atoms with Gasteiger partial charge in [0.15, 0.2) is 5.60 Å². The van der Waals surface area contributed by atoms with Gasteiger partial charge >= 0.3 is 5.97 Å². The van der Waals surface area contributed by atoms with E-state index in [2.05, 4.69) is 0 Å². The van der Waals surface area contributed by atoms with E-state index in [0.717, 1.165) is 0 Å². The van der Waals surface area contributed by atoms with Crippen LogP contribution in [0, 0.1) is 0 Å². The van der Waals surface area contributed by atoms with Crippen LogP contribution < -0.4 is 9.64 Å². The standard InChI is InChI=1S/C13H15NO5/c1-13(2)12(17)14(7-18-3)9-6-8(11(15)16)4-5-10(9)19-13/h4-6H,7H2,1-3H3,(H,15,16). The Balaban J connectivity index is 2.53. The Hall–Kier alpha value is -2.08. The zero-order valence-electron chi connectivity index (χ0n) is 11.0. The van der Waals surface area contributed by atoms with Crippen LogP contribution in [0.4, 0.5) is 5.69 Å². The molecule has 0 fully saturated rings. The van der Waals surface area contributed by atoms with Gasteiger partial charge in [-0.25, -0.2) is 4.79 Å². The van der Waals surface area contributed by atoms with E-state index >= 15 is 0 Å². The van der Waals surface area contributed by atoms with Crippen LogP contribution in [0.15, 0.2) is 18.2 Å². The quantitative estimate of drug-likeness (QED) is 0.896. The monoisotopic (exact) mass is 265 g/mol. The summed E-state index contributed by atoms with van der Waals surface area (Å²) in [5, 5.41) is 9.00. The van der Waals surface area contributed by atoms with Gasteiger partial charge in [0.1, 0.15) is 12.5 Å². The van der Waals surface area contributed by atoms with E-state index in [9.17, 15) is 9.59 Å². The molecule has 6 heteroatoms. The van der Waals surface area contributed by atoms with Gasteiger partial charge in [0, 0.05) is 7.11 Å². The van der Waals surface area contributed by atoms with Gasteiger partial charge in [0.05, 0.1) is 11.3 Å². The van der Waals surface area contributed by atoms with Crippen LogP contribution in [0.1, 0.15) is 24.2 Å². The number of carboxylic acids is 1. The molecule has 1 heterocycles. The predicted octanol–water partition coefficient (Wildman–Crippen LogP) is 1.49. The lowest BCUT2D eigenvalue weighted by Gasteiger charge is -2.38. The van der Waals surface area contributed by atoms with Crippen LogP contribution in [-0.4, -0.2) is 36.4 Å². The van der Waals surface area contributed by atoms with Gasteiger partial charge in [-0.15, -0.1) is 0 Å². The molecule has 0 spiro atoms. The average Bonchev–Trinajstić information content (AvgIpc) is 2.34. The molecule has 0 unspecified atom stereocenters. The molecule has 1 aromatic carbocycles. The molecule has 0 aliphatic carbocycles. The summed E-state index contributed by atoms with van der Waals surface area (Å²) in [7, 11) is 1.47. The third-order valence-corrected chi connectivity index (χ3v) is 2.88. The maximum atomic E-state index is 12.3. The minimum atomic E-state index is -1.06. The molecule has 0 saturated heterocycles. The number of aromatic carboxylic acids is 1. The van der Waals surface area contributed by atoms with E-state index in [1.807, 2.05) is 0 Å². The summed E-state index contributed by atoms with van der Waals surface area (Å²) in [5.41, 5.74) is -0.502. The van der Waals surface area contributed by atoms with Crippen LogP contribution >= 0.6 is 0 Å². The molecule has 1 N–H and O–H groups in total. The lowest BCUT2D eigenvalue weighted by atomic mass is 10.0. The Bertz CT molecular complexity index is 538. The first kappa shape index (κ1) is 13.4. The van der Waals surface area contributed by atoms with Crippen molar-refractivity contribution in [2.24, 2.45) is 0 Å². The number of anilines is 1. The minimum absolute atomic E-state index is 0.0433. The lowest BCUT2D eigenvalue weighted by molar-refractivity contribution is -0.133. The second-order valence-corrected chi connectivity index (χ2v) is 4.75. The zero-order valence-corrected chi connectivity index (χ0v) is 11.0. The highest BCUT2D eigenvalue weighted by atomic mass is 16.5. The minimum Gasteiger partial charge on any atom is -0.478 e. The average molecular weight is 265 g/mol. The van der Waals surface area contributed by atoms with E-state index in [1.165, 1.54) is 24.1 Å². The van der Waals surface area contributed by atoms with Crippen molar-refractivity contribution in [3.63, 3.8) is 0 Å². The number of carbonyl (C=O) groups is 2. The van der Waals surface area contributed by atoms with Gasteiger partial charge < -0.3 is 14.6 Å². The fraction of sp³-hybridized carbons (Fsp3) is 0.385. The molecule has 0 radical (unpaired) electrons. The Morgan fingerprint density at radius 2 is 2.16 bits per heavy atom. The van der Waals surface area contributed by atoms with E-state index in [0.29, 0.717) is 11.4 Å². The molecular formula is C13H15NO5. The number of ether oxygens (including phenoxy) is 2. The van der Waals surface area contributed by atoms with Gasteiger partial charge in [-0.3, -0.25) is 9.69 Å². The zero-order chi connectivity index (χ0) is 14.2. The van der Waals surface area contributed by atoms with E-state index in [4.69, 9.17) is 14.6 Å². The van der Waals surface area contributed by atoms with Gasteiger partial charge in [-0.1, -0.05) is 0 Å². The van der Waals surface area contributed by atoms with Gasteiger partial charge in [0.2, 0.25) is 0 Å². The summed E-state index contributed by atoms with van der Waals surface area (Å²) >= 11 is 0. The van der Waals surface area contributed by atoms with Crippen LogP contribution in [0.5, 0.6) is 5.75 Å². The van der Waals surface area contributed by atoms with Gasteiger partial charge in [-0.05, 0) is 32.0 Å². The molecule has 102 valence electrons. The summed E-state index contributed by atoms with van der Waals surface area (Å²) in [6, 6.07) is 4.40. The van der Waals surface area contributed by atoms with Gasteiger partial charge in [0.25, 0.3) is 5.91 Å². The maximum absolute atomic E-state index is 12.3. The van der Waals surface area contributed by atoms with E-state index in [-0.39, 0.29) is 18.2 Å². The molecule has 0 atom stereocenters. The Morgan fingerprint density at radius 3 is 2.74 bits per heavy atom. The molecule has 19 heavy (non-hydrogen) atoms. The number of benzene rings is 1. The van der Waals surface area contributed by atoms with Gasteiger partial charge in [-0.2, -0.15) is 0 Å². The Kier molecular flexibility index (Phi) is 3.20. The molecule has 1 amide bonds. The second-order valence-electron chi connectivity index (χ2n) is 4.75. The largest absolute Gasteiger partial charge is 0.478 e. The number of amides is 1. The van der Waals surface area contributed by atoms with Crippen molar-refractivity contribution in [1.29, 1.82) is 0 Å². The van der Waals surface area contributed by atoms with E-state index < -0.39 is 11.6 Å². The number of fused-ring (bicyclic) bond motifs is 1. The van der Waals surface area contributed by atoms with Crippen molar-refractivity contribution in [3.8, 4) is 5.75 Å². The van der Waals surface area contributed by atoms with Crippen LogP contribution in [0.25, 0.3) is 0 Å². The van der Waals surface area contributed by atoms with Crippen LogP contribution in [0.3, 0.4) is 0 Å². The predicted molar refractivity (Wildman–Crippen MR) is 67.5 cm³/mol.